The highest BCUT2D eigenvalue weighted by atomic mass is 32.2. The van der Waals surface area contributed by atoms with Crippen LogP contribution in [0.25, 0.3) is 10.2 Å². The van der Waals surface area contributed by atoms with Crippen LogP contribution in [0.15, 0.2) is 6.07 Å². The number of hydrogen-bond donors (Lipinski definition) is 2. The van der Waals surface area contributed by atoms with E-state index in [9.17, 15) is 4.21 Å². The second-order valence-corrected chi connectivity index (χ2v) is 7.27. The number of rotatable bonds is 7. The van der Waals surface area contributed by atoms with E-state index in [0.29, 0.717) is 24.0 Å². The lowest BCUT2D eigenvalue weighted by Crippen LogP contribution is -2.13. The van der Waals surface area contributed by atoms with Gasteiger partial charge < -0.3 is 10.6 Å². The van der Waals surface area contributed by atoms with Gasteiger partial charge in [0, 0.05) is 40.8 Å². The highest BCUT2D eigenvalue weighted by Crippen LogP contribution is 2.30. The Hall–Kier alpha value is -1.21. The number of fused-ring (bicyclic) bond motifs is 1. The summed E-state index contributed by atoms with van der Waals surface area (Å²) >= 11 is 1.69. The molecule has 2 rings (SSSR count). The number of aryl methyl sites for hydroxylation is 1. The molecule has 0 bridgehead atoms. The molecular weight excluding hydrogens is 292 g/mol. The van der Waals surface area contributed by atoms with Gasteiger partial charge in [0.1, 0.15) is 10.6 Å². The van der Waals surface area contributed by atoms with Crippen LogP contribution >= 0.6 is 11.3 Å². The van der Waals surface area contributed by atoms with Crippen molar-refractivity contribution in [3.8, 4) is 0 Å². The summed E-state index contributed by atoms with van der Waals surface area (Å²) in [5, 5.41) is 7.32. The van der Waals surface area contributed by atoms with Gasteiger partial charge in [-0.2, -0.15) is 4.98 Å². The van der Waals surface area contributed by atoms with Crippen molar-refractivity contribution in [3.63, 3.8) is 0 Å². The molecule has 0 fully saturated rings. The normalized spacial score (nSPS) is 12.6. The third-order valence-corrected chi connectivity index (χ3v) is 5.44. The van der Waals surface area contributed by atoms with E-state index in [0.717, 1.165) is 22.5 Å². The van der Waals surface area contributed by atoms with Crippen LogP contribution in [0.1, 0.15) is 18.7 Å². The van der Waals surface area contributed by atoms with Crippen molar-refractivity contribution in [2.24, 2.45) is 0 Å². The Morgan fingerprint density at radius 1 is 1.35 bits per heavy atom. The average molecular weight is 312 g/mol. The SMILES string of the molecule is CCc1cc2c(NCCS(=O)CC)nc(NC)nc2s1. The minimum atomic E-state index is -0.757. The molecule has 1 atom stereocenters. The van der Waals surface area contributed by atoms with Crippen molar-refractivity contribution in [1.29, 1.82) is 0 Å². The molecule has 0 aliphatic rings. The van der Waals surface area contributed by atoms with Gasteiger partial charge >= 0.3 is 0 Å². The first-order valence-corrected chi connectivity index (χ1v) is 9.05. The van der Waals surface area contributed by atoms with Gasteiger partial charge in [-0.15, -0.1) is 11.3 Å². The highest BCUT2D eigenvalue weighted by molar-refractivity contribution is 7.84. The number of thiophene rings is 1. The lowest BCUT2D eigenvalue weighted by molar-refractivity contribution is 0.684. The Kier molecular flexibility index (Phi) is 5.31. The first kappa shape index (κ1) is 15.2. The zero-order valence-electron chi connectivity index (χ0n) is 12.0. The van der Waals surface area contributed by atoms with Crippen molar-refractivity contribution in [3.05, 3.63) is 10.9 Å². The molecule has 0 amide bonds. The van der Waals surface area contributed by atoms with Crippen LogP contribution < -0.4 is 10.6 Å². The van der Waals surface area contributed by atoms with Crippen LogP contribution in [-0.2, 0) is 17.2 Å². The largest absolute Gasteiger partial charge is 0.368 e. The summed E-state index contributed by atoms with van der Waals surface area (Å²) < 4.78 is 11.5. The second kappa shape index (κ2) is 6.99. The van der Waals surface area contributed by atoms with E-state index in [-0.39, 0.29) is 0 Å². The summed E-state index contributed by atoms with van der Waals surface area (Å²) in [5.74, 6) is 2.77. The van der Waals surface area contributed by atoms with Gasteiger partial charge in [-0.1, -0.05) is 13.8 Å². The molecule has 7 heteroatoms. The summed E-state index contributed by atoms with van der Waals surface area (Å²) in [4.78, 5) is 11.2. The predicted octanol–water partition coefficient (Wildman–Crippen LogP) is 2.48. The maximum atomic E-state index is 11.5. The Balaban J connectivity index is 2.25. The maximum Gasteiger partial charge on any atom is 0.225 e. The van der Waals surface area contributed by atoms with E-state index in [1.165, 1.54) is 4.88 Å². The summed E-state index contributed by atoms with van der Waals surface area (Å²) in [6, 6.07) is 2.14. The van der Waals surface area contributed by atoms with Gasteiger partial charge in [-0.05, 0) is 12.5 Å². The lowest BCUT2D eigenvalue weighted by atomic mass is 10.3. The van der Waals surface area contributed by atoms with Crippen LogP contribution in [0.3, 0.4) is 0 Å². The maximum absolute atomic E-state index is 11.5. The van der Waals surface area contributed by atoms with Crippen LogP contribution in [-0.4, -0.2) is 39.3 Å². The third kappa shape index (κ3) is 3.46. The van der Waals surface area contributed by atoms with Gasteiger partial charge in [-0.25, -0.2) is 4.98 Å². The number of nitrogens with zero attached hydrogens (tertiary/aromatic N) is 2. The smallest absolute Gasteiger partial charge is 0.225 e. The molecule has 0 aromatic carbocycles. The molecule has 0 aliphatic heterocycles. The van der Waals surface area contributed by atoms with Crippen molar-refractivity contribution < 1.29 is 4.21 Å². The summed E-state index contributed by atoms with van der Waals surface area (Å²) in [6.07, 6.45) is 0.995. The summed E-state index contributed by atoms with van der Waals surface area (Å²) in [7, 11) is 1.05. The molecule has 20 heavy (non-hydrogen) atoms. The Morgan fingerprint density at radius 2 is 2.15 bits per heavy atom. The average Bonchev–Trinajstić information content (AvgIpc) is 2.89. The molecule has 0 saturated carbocycles. The topological polar surface area (TPSA) is 66.9 Å². The molecule has 2 N–H and O–H groups in total. The molecular formula is C13H20N4OS2. The minimum Gasteiger partial charge on any atom is -0.368 e. The molecule has 2 aromatic heterocycles. The quantitative estimate of drug-likeness (QED) is 0.822. The lowest BCUT2D eigenvalue weighted by Gasteiger charge is -2.08. The van der Waals surface area contributed by atoms with Gasteiger partial charge in [0.15, 0.2) is 0 Å². The van der Waals surface area contributed by atoms with Crippen molar-refractivity contribution in [2.75, 3.05) is 35.7 Å². The molecule has 2 heterocycles. The van der Waals surface area contributed by atoms with Gasteiger partial charge in [0.25, 0.3) is 0 Å². The number of nitrogens with one attached hydrogen (secondary N) is 2. The molecule has 2 aromatic rings. The first-order chi connectivity index (χ1) is 9.67. The fourth-order valence-electron chi connectivity index (χ4n) is 1.82. The van der Waals surface area contributed by atoms with Crippen molar-refractivity contribution in [2.45, 2.75) is 20.3 Å². The molecule has 0 aliphatic carbocycles. The molecule has 5 nitrogen and oxygen atoms in total. The van der Waals surface area contributed by atoms with Gasteiger partial charge in [-0.3, -0.25) is 4.21 Å². The highest BCUT2D eigenvalue weighted by Gasteiger charge is 2.10. The van der Waals surface area contributed by atoms with E-state index in [4.69, 9.17) is 0 Å². The third-order valence-electron chi connectivity index (χ3n) is 2.96. The van der Waals surface area contributed by atoms with Crippen LogP contribution in [0, 0.1) is 0 Å². The fourth-order valence-corrected chi connectivity index (χ4v) is 3.41. The predicted molar refractivity (Wildman–Crippen MR) is 88.4 cm³/mol. The number of aromatic nitrogens is 2. The van der Waals surface area contributed by atoms with Crippen LogP contribution in [0.4, 0.5) is 11.8 Å². The molecule has 0 spiro atoms. The van der Waals surface area contributed by atoms with Crippen molar-refractivity contribution in [1.82, 2.24) is 9.97 Å². The van der Waals surface area contributed by atoms with Crippen LogP contribution in [0.5, 0.6) is 0 Å². The second-order valence-electron chi connectivity index (χ2n) is 4.29. The Labute approximate surface area is 125 Å². The van der Waals surface area contributed by atoms with E-state index >= 15 is 0 Å². The summed E-state index contributed by atoms with van der Waals surface area (Å²) in [5.41, 5.74) is 0. The molecule has 0 radical (unpaired) electrons. The number of anilines is 2. The van der Waals surface area contributed by atoms with E-state index in [1.807, 2.05) is 14.0 Å². The standard InChI is InChI=1S/C13H20N4OS2/c1-4-9-8-10-11(15-6-7-20(18)5-2)16-13(14-3)17-12(10)19-9/h8H,4-7H2,1-3H3,(H2,14,15,16,17). The molecule has 1 unspecified atom stereocenters. The zero-order chi connectivity index (χ0) is 14.5. The molecule has 110 valence electrons. The van der Waals surface area contributed by atoms with Crippen molar-refractivity contribution >= 4 is 44.1 Å². The Morgan fingerprint density at radius 3 is 2.80 bits per heavy atom. The first-order valence-electron chi connectivity index (χ1n) is 6.75. The molecule has 0 saturated heterocycles. The summed E-state index contributed by atoms with van der Waals surface area (Å²) in [6.45, 7) is 4.73. The van der Waals surface area contributed by atoms with Gasteiger partial charge in [0.05, 0.1) is 5.39 Å². The van der Waals surface area contributed by atoms with Crippen LogP contribution in [0.2, 0.25) is 0 Å². The van der Waals surface area contributed by atoms with E-state index in [1.54, 1.807) is 11.3 Å². The number of hydrogen-bond acceptors (Lipinski definition) is 6. The van der Waals surface area contributed by atoms with Gasteiger partial charge in [0.2, 0.25) is 5.95 Å². The van der Waals surface area contributed by atoms with E-state index < -0.39 is 10.8 Å². The minimum absolute atomic E-state index is 0.612. The zero-order valence-corrected chi connectivity index (χ0v) is 13.7. The Bertz CT molecular complexity index is 612. The fraction of sp³-hybridized carbons (Fsp3) is 0.538. The van der Waals surface area contributed by atoms with E-state index in [2.05, 4.69) is 33.6 Å². The monoisotopic (exact) mass is 312 g/mol.